The molecule has 11 heteroatoms. The van der Waals surface area contributed by atoms with Gasteiger partial charge in [0.25, 0.3) is 0 Å². The maximum absolute atomic E-state index is 13.1. The first kappa shape index (κ1) is 21.4. The predicted molar refractivity (Wildman–Crippen MR) is 91.8 cm³/mol. The minimum absolute atomic E-state index is 0.0532. The van der Waals surface area contributed by atoms with Crippen molar-refractivity contribution in [2.24, 2.45) is 5.11 Å². The fourth-order valence-corrected chi connectivity index (χ4v) is 3.38. The Morgan fingerprint density at radius 1 is 0.815 bits per heavy atom. The zero-order chi connectivity index (χ0) is 20.4. The van der Waals surface area contributed by atoms with Gasteiger partial charge in [-0.3, -0.25) is 0 Å². The van der Waals surface area contributed by atoms with E-state index in [1.807, 2.05) is 0 Å². The van der Waals surface area contributed by atoms with Crippen LogP contribution in [0.3, 0.4) is 0 Å². The van der Waals surface area contributed by atoms with Crippen molar-refractivity contribution < 1.29 is 31.2 Å². The van der Waals surface area contributed by atoms with E-state index in [1.54, 1.807) is 0 Å². The minimum Gasteiger partial charge on any atom is -0.594 e. The van der Waals surface area contributed by atoms with E-state index >= 15 is 0 Å². The maximum atomic E-state index is 13.1. The molecule has 0 saturated heterocycles. The van der Waals surface area contributed by atoms with Gasteiger partial charge in [0.05, 0.1) is 11.1 Å². The van der Waals surface area contributed by atoms with Crippen molar-refractivity contribution in [2.75, 3.05) is 12.5 Å². The third kappa shape index (κ3) is 5.10. The Morgan fingerprint density at radius 2 is 1.30 bits per heavy atom. The Kier molecular flexibility index (Phi) is 6.35. The molecule has 2 rings (SSSR count). The summed E-state index contributed by atoms with van der Waals surface area (Å²) in [6.45, 7) is 0. The van der Waals surface area contributed by atoms with Crippen molar-refractivity contribution in [1.29, 1.82) is 0 Å². The second-order valence-electron chi connectivity index (χ2n) is 5.14. The van der Waals surface area contributed by atoms with Crippen LogP contribution in [0.2, 0.25) is 0 Å². The number of hydrogen-bond acceptors (Lipinski definition) is 4. The third-order valence-electron chi connectivity index (χ3n) is 3.40. The fourth-order valence-electron chi connectivity index (χ4n) is 2.18. The van der Waals surface area contributed by atoms with E-state index in [0.717, 1.165) is 41.7 Å². The van der Waals surface area contributed by atoms with Gasteiger partial charge in [0, 0.05) is 27.0 Å². The fraction of sp³-hybridized carbons (Fsp3) is 0.250. The Bertz CT molecular complexity index is 865. The molecular formula is C16H12F6N2OS2. The van der Waals surface area contributed by atoms with E-state index in [9.17, 15) is 31.5 Å². The summed E-state index contributed by atoms with van der Waals surface area (Å²) in [5, 5.41) is 15.5. The Morgan fingerprint density at radius 3 is 1.78 bits per heavy atom. The van der Waals surface area contributed by atoms with Crippen molar-refractivity contribution in [3.63, 3.8) is 0 Å². The molecule has 0 unspecified atom stereocenters. The summed E-state index contributed by atoms with van der Waals surface area (Å²) in [6, 6.07) is 5.87. The van der Waals surface area contributed by atoms with E-state index < -0.39 is 29.2 Å². The summed E-state index contributed by atoms with van der Waals surface area (Å²) < 4.78 is 78.5. The molecule has 27 heavy (non-hydrogen) atoms. The molecule has 0 heterocycles. The summed E-state index contributed by atoms with van der Waals surface area (Å²) in [5.74, 6) is 0. The Hall–Kier alpha value is -1.88. The largest absolute Gasteiger partial charge is 0.594 e. The summed E-state index contributed by atoms with van der Waals surface area (Å²) in [4.78, 5) is -0.265. The highest BCUT2D eigenvalue weighted by molar-refractivity contribution is 7.98. The molecule has 0 aliphatic carbocycles. The summed E-state index contributed by atoms with van der Waals surface area (Å²) in [6.07, 6.45) is -6.41. The molecule has 0 atom stereocenters. The normalized spacial score (nSPS) is 13.1. The first-order valence-corrected chi connectivity index (χ1v) is 9.61. The lowest BCUT2D eigenvalue weighted by molar-refractivity contribution is -0.435. The third-order valence-corrected chi connectivity index (χ3v) is 5.00. The molecule has 0 N–H and O–H groups in total. The molecule has 0 bridgehead atoms. The number of hydrogen-bond donors (Lipinski definition) is 0. The van der Waals surface area contributed by atoms with E-state index in [0.29, 0.717) is 12.1 Å². The summed E-state index contributed by atoms with van der Waals surface area (Å²) >= 11 is 1.73. The average molecular weight is 426 g/mol. The van der Waals surface area contributed by atoms with Gasteiger partial charge in [0.15, 0.2) is 0 Å². The highest BCUT2D eigenvalue weighted by atomic mass is 32.2. The molecule has 0 saturated carbocycles. The number of nitrogens with zero attached hydrogens (tertiary/aromatic N) is 2. The molecule has 0 aliphatic rings. The van der Waals surface area contributed by atoms with Crippen molar-refractivity contribution in [3.05, 3.63) is 52.7 Å². The molecule has 0 spiro atoms. The quantitative estimate of drug-likeness (QED) is 0.172. The summed E-state index contributed by atoms with van der Waals surface area (Å²) in [5.41, 5.74) is -2.75. The van der Waals surface area contributed by atoms with Crippen LogP contribution in [0.15, 0.2) is 51.3 Å². The van der Waals surface area contributed by atoms with Gasteiger partial charge >= 0.3 is 12.4 Å². The average Bonchev–Trinajstić information content (AvgIpc) is 2.59. The maximum Gasteiger partial charge on any atom is 0.417 e. The molecule has 0 aromatic heterocycles. The number of thioether (sulfide) groups is 2. The zero-order valence-electron chi connectivity index (χ0n) is 13.9. The topological polar surface area (TPSA) is 38.4 Å². The predicted octanol–water partition coefficient (Wildman–Crippen LogP) is 7.09. The molecule has 0 fully saturated rings. The van der Waals surface area contributed by atoms with Gasteiger partial charge < -0.3 is 5.21 Å². The number of rotatable bonds is 4. The van der Waals surface area contributed by atoms with Gasteiger partial charge in [-0.2, -0.15) is 26.3 Å². The van der Waals surface area contributed by atoms with Gasteiger partial charge in [-0.05, 0) is 36.8 Å². The standard InChI is InChI=1S/C16H12F6N2OS2/c1-26-13-5-3-9(7-11(13)15(17,18)19)23-24(25)10-4-6-14(27-2)12(8-10)16(20,21)22/h3-8H,1-2H3. The minimum atomic E-state index is -4.68. The molecule has 0 amide bonds. The van der Waals surface area contributed by atoms with Crippen LogP contribution in [0.5, 0.6) is 0 Å². The van der Waals surface area contributed by atoms with Gasteiger partial charge in [0.1, 0.15) is 5.69 Å². The second kappa shape index (κ2) is 8.01. The smallest absolute Gasteiger partial charge is 0.417 e. The first-order valence-electron chi connectivity index (χ1n) is 7.16. The lowest BCUT2D eigenvalue weighted by Gasteiger charge is -2.12. The van der Waals surface area contributed by atoms with Crippen LogP contribution in [0.4, 0.5) is 37.7 Å². The van der Waals surface area contributed by atoms with Crippen LogP contribution in [0.25, 0.3) is 0 Å². The SMILES string of the molecule is CSc1ccc(N=[N+]([O-])c2ccc(SC)c(C(F)(F)F)c2)cc1C(F)(F)F. The van der Waals surface area contributed by atoms with Gasteiger partial charge in [0.2, 0.25) is 5.69 Å². The van der Waals surface area contributed by atoms with E-state index in [2.05, 4.69) is 5.11 Å². The molecular weight excluding hydrogens is 414 g/mol. The Balaban J connectivity index is 2.49. The zero-order valence-corrected chi connectivity index (χ0v) is 15.5. The van der Waals surface area contributed by atoms with Crippen LogP contribution in [0.1, 0.15) is 11.1 Å². The van der Waals surface area contributed by atoms with E-state index in [1.165, 1.54) is 18.6 Å². The second-order valence-corrected chi connectivity index (χ2v) is 6.83. The van der Waals surface area contributed by atoms with Crippen LogP contribution in [-0.4, -0.2) is 17.4 Å². The molecule has 2 aromatic rings. The van der Waals surface area contributed by atoms with Crippen LogP contribution >= 0.6 is 23.5 Å². The number of azo groups is 1. The van der Waals surface area contributed by atoms with Crippen molar-refractivity contribution in [3.8, 4) is 0 Å². The highest BCUT2D eigenvalue weighted by Gasteiger charge is 2.35. The van der Waals surface area contributed by atoms with Crippen LogP contribution in [0, 0.1) is 5.21 Å². The highest BCUT2D eigenvalue weighted by Crippen LogP contribution is 2.40. The number of alkyl halides is 6. The van der Waals surface area contributed by atoms with Gasteiger partial charge in [-0.25, -0.2) is 0 Å². The van der Waals surface area contributed by atoms with Crippen molar-refractivity contribution >= 4 is 34.9 Å². The Labute approximate surface area is 159 Å². The van der Waals surface area contributed by atoms with Gasteiger partial charge in [-0.15, -0.1) is 23.5 Å². The number of halogens is 6. The molecule has 2 aromatic carbocycles. The van der Waals surface area contributed by atoms with Gasteiger partial charge in [-0.1, -0.05) is 4.86 Å². The number of benzene rings is 2. The molecule has 0 radical (unpaired) electrons. The summed E-state index contributed by atoms with van der Waals surface area (Å²) in [7, 11) is 0. The molecule has 3 nitrogen and oxygen atoms in total. The molecule has 146 valence electrons. The lowest BCUT2D eigenvalue weighted by atomic mass is 10.2. The molecule has 0 aliphatic heterocycles. The monoisotopic (exact) mass is 426 g/mol. The van der Waals surface area contributed by atoms with Crippen LogP contribution in [-0.2, 0) is 12.4 Å². The van der Waals surface area contributed by atoms with E-state index in [-0.39, 0.29) is 20.3 Å². The van der Waals surface area contributed by atoms with E-state index in [4.69, 9.17) is 0 Å². The lowest BCUT2D eigenvalue weighted by Crippen LogP contribution is -2.08. The van der Waals surface area contributed by atoms with Crippen molar-refractivity contribution in [1.82, 2.24) is 0 Å². The van der Waals surface area contributed by atoms with Crippen LogP contribution < -0.4 is 0 Å². The first-order chi connectivity index (χ1) is 12.5. The van der Waals surface area contributed by atoms with Crippen molar-refractivity contribution in [2.45, 2.75) is 22.1 Å².